The lowest BCUT2D eigenvalue weighted by Crippen LogP contribution is -2.13. The van der Waals surface area contributed by atoms with Gasteiger partial charge >= 0.3 is 0 Å². The third-order valence-corrected chi connectivity index (χ3v) is 2.35. The highest BCUT2D eigenvalue weighted by molar-refractivity contribution is 7.99. The Labute approximate surface area is 86.5 Å². The standard InChI is InChI=1S/C8H12N4OS/c1-5-3-7(14-4-6(9)13)12-8(10-2)11-5/h3H,4H2,1-2H3,(H2,9,13)(H,10,11,12). The first kappa shape index (κ1) is 10.8. The summed E-state index contributed by atoms with van der Waals surface area (Å²) in [5.41, 5.74) is 5.89. The number of amides is 1. The molecule has 0 bridgehead atoms. The van der Waals surface area contributed by atoms with Crippen LogP contribution in [0.4, 0.5) is 5.95 Å². The third-order valence-electron chi connectivity index (χ3n) is 1.42. The van der Waals surface area contributed by atoms with Crippen LogP contribution in [0.25, 0.3) is 0 Å². The van der Waals surface area contributed by atoms with Gasteiger partial charge in [0.05, 0.1) is 5.75 Å². The van der Waals surface area contributed by atoms with E-state index in [2.05, 4.69) is 15.3 Å². The molecule has 0 saturated carbocycles. The predicted octanol–water partition coefficient (Wildman–Crippen LogP) is 0.404. The van der Waals surface area contributed by atoms with E-state index in [1.165, 1.54) is 11.8 Å². The van der Waals surface area contributed by atoms with Crippen molar-refractivity contribution in [1.82, 2.24) is 9.97 Å². The smallest absolute Gasteiger partial charge is 0.227 e. The van der Waals surface area contributed by atoms with Gasteiger partial charge in [-0.2, -0.15) is 0 Å². The Morgan fingerprint density at radius 1 is 1.64 bits per heavy atom. The molecule has 3 N–H and O–H groups in total. The zero-order valence-corrected chi connectivity index (χ0v) is 8.89. The van der Waals surface area contributed by atoms with Crippen LogP contribution in [-0.4, -0.2) is 28.7 Å². The first-order valence-corrected chi connectivity index (χ1v) is 5.05. The van der Waals surface area contributed by atoms with Crippen molar-refractivity contribution in [2.24, 2.45) is 5.73 Å². The SMILES string of the molecule is CNc1nc(C)cc(SCC(N)=O)n1. The van der Waals surface area contributed by atoms with E-state index in [-0.39, 0.29) is 11.7 Å². The van der Waals surface area contributed by atoms with Crippen LogP contribution in [0.1, 0.15) is 5.69 Å². The molecule has 1 heterocycles. The van der Waals surface area contributed by atoms with Crippen LogP contribution in [0.15, 0.2) is 11.1 Å². The number of hydrogen-bond acceptors (Lipinski definition) is 5. The Bertz CT molecular complexity index is 342. The normalized spacial score (nSPS) is 9.86. The van der Waals surface area contributed by atoms with Gasteiger partial charge in [-0.25, -0.2) is 9.97 Å². The minimum atomic E-state index is -0.350. The molecule has 0 radical (unpaired) electrons. The van der Waals surface area contributed by atoms with Crippen molar-refractivity contribution in [3.8, 4) is 0 Å². The van der Waals surface area contributed by atoms with Gasteiger partial charge in [-0.05, 0) is 13.0 Å². The van der Waals surface area contributed by atoms with Gasteiger partial charge in [-0.15, -0.1) is 0 Å². The van der Waals surface area contributed by atoms with Gasteiger partial charge in [0.1, 0.15) is 5.03 Å². The van der Waals surface area contributed by atoms with Crippen LogP contribution in [-0.2, 0) is 4.79 Å². The second kappa shape index (κ2) is 4.80. The highest BCUT2D eigenvalue weighted by atomic mass is 32.2. The van der Waals surface area contributed by atoms with Gasteiger partial charge in [0.25, 0.3) is 0 Å². The number of nitrogens with two attached hydrogens (primary N) is 1. The molecular formula is C8H12N4OS. The van der Waals surface area contributed by atoms with E-state index in [9.17, 15) is 4.79 Å². The molecule has 1 rings (SSSR count). The molecule has 1 amide bonds. The molecule has 1 aromatic rings. The van der Waals surface area contributed by atoms with E-state index in [0.717, 1.165) is 10.7 Å². The summed E-state index contributed by atoms with van der Waals surface area (Å²) in [5.74, 6) is 0.439. The number of primary amides is 1. The number of nitrogens with one attached hydrogen (secondary N) is 1. The van der Waals surface area contributed by atoms with Crippen molar-refractivity contribution in [2.45, 2.75) is 11.9 Å². The molecule has 6 heteroatoms. The molecule has 0 atom stereocenters. The molecule has 0 fully saturated rings. The molecule has 0 unspecified atom stereocenters. The lowest BCUT2D eigenvalue weighted by Gasteiger charge is -2.03. The lowest BCUT2D eigenvalue weighted by atomic mass is 10.5. The minimum Gasteiger partial charge on any atom is -0.369 e. The molecule has 0 aliphatic carbocycles. The van der Waals surface area contributed by atoms with E-state index in [1.807, 2.05) is 13.0 Å². The van der Waals surface area contributed by atoms with Gasteiger partial charge < -0.3 is 11.1 Å². The maximum absolute atomic E-state index is 10.6. The fourth-order valence-electron chi connectivity index (χ4n) is 0.870. The first-order chi connectivity index (χ1) is 6.61. The van der Waals surface area contributed by atoms with Crippen LogP contribution in [0.3, 0.4) is 0 Å². The Hall–Kier alpha value is -1.30. The van der Waals surface area contributed by atoms with Crippen LogP contribution in [0, 0.1) is 6.92 Å². The van der Waals surface area contributed by atoms with Crippen LogP contribution in [0.5, 0.6) is 0 Å². The molecule has 0 aliphatic heterocycles. The van der Waals surface area contributed by atoms with Crippen molar-refractivity contribution in [2.75, 3.05) is 18.1 Å². The lowest BCUT2D eigenvalue weighted by molar-refractivity contribution is -0.115. The Balaban J connectivity index is 2.76. The van der Waals surface area contributed by atoms with E-state index in [4.69, 9.17) is 5.73 Å². The summed E-state index contributed by atoms with van der Waals surface area (Å²) in [7, 11) is 1.75. The van der Waals surface area contributed by atoms with Gasteiger partial charge in [0, 0.05) is 12.7 Å². The van der Waals surface area contributed by atoms with E-state index in [1.54, 1.807) is 7.05 Å². The molecule has 0 saturated heterocycles. The zero-order valence-electron chi connectivity index (χ0n) is 8.07. The topological polar surface area (TPSA) is 80.9 Å². The van der Waals surface area contributed by atoms with E-state index in [0.29, 0.717) is 5.95 Å². The minimum absolute atomic E-state index is 0.236. The Morgan fingerprint density at radius 3 is 2.93 bits per heavy atom. The summed E-state index contributed by atoms with van der Waals surface area (Å²) in [4.78, 5) is 18.8. The van der Waals surface area contributed by atoms with Crippen molar-refractivity contribution < 1.29 is 4.79 Å². The summed E-state index contributed by atoms with van der Waals surface area (Å²) < 4.78 is 0. The summed E-state index contributed by atoms with van der Waals surface area (Å²) in [5, 5.41) is 3.59. The summed E-state index contributed by atoms with van der Waals surface area (Å²) in [6.07, 6.45) is 0. The summed E-state index contributed by atoms with van der Waals surface area (Å²) in [6, 6.07) is 1.81. The average Bonchev–Trinajstić information content (AvgIpc) is 2.14. The monoisotopic (exact) mass is 212 g/mol. The van der Waals surface area contributed by atoms with Crippen molar-refractivity contribution >= 4 is 23.6 Å². The second-order valence-electron chi connectivity index (χ2n) is 2.68. The highest BCUT2D eigenvalue weighted by Crippen LogP contribution is 2.16. The highest BCUT2D eigenvalue weighted by Gasteiger charge is 2.02. The molecule has 1 aromatic heterocycles. The van der Waals surface area contributed by atoms with Gasteiger partial charge in [0.15, 0.2) is 0 Å². The number of carbonyl (C=O) groups excluding carboxylic acids is 1. The van der Waals surface area contributed by atoms with Crippen molar-refractivity contribution in [1.29, 1.82) is 0 Å². The number of anilines is 1. The quantitative estimate of drug-likeness (QED) is 0.558. The second-order valence-corrected chi connectivity index (χ2v) is 3.67. The molecule has 14 heavy (non-hydrogen) atoms. The number of rotatable bonds is 4. The van der Waals surface area contributed by atoms with E-state index >= 15 is 0 Å². The number of thioether (sulfide) groups is 1. The van der Waals surface area contributed by atoms with Crippen molar-refractivity contribution in [3.05, 3.63) is 11.8 Å². The fourth-order valence-corrected chi connectivity index (χ4v) is 1.57. The van der Waals surface area contributed by atoms with Gasteiger partial charge in [-0.3, -0.25) is 4.79 Å². The third kappa shape index (κ3) is 3.21. The number of carbonyl (C=O) groups is 1. The largest absolute Gasteiger partial charge is 0.369 e. The Morgan fingerprint density at radius 2 is 2.36 bits per heavy atom. The van der Waals surface area contributed by atoms with Gasteiger partial charge in [-0.1, -0.05) is 11.8 Å². The molecular weight excluding hydrogens is 200 g/mol. The number of aryl methyl sites for hydroxylation is 1. The zero-order chi connectivity index (χ0) is 10.6. The molecule has 0 aliphatic rings. The number of nitrogens with zero attached hydrogens (tertiary/aromatic N) is 2. The maximum atomic E-state index is 10.6. The van der Waals surface area contributed by atoms with Crippen LogP contribution in [0.2, 0.25) is 0 Å². The predicted molar refractivity (Wildman–Crippen MR) is 56.2 cm³/mol. The molecule has 76 valence electrons. The van der Waals surface area contributed by atoms with E-state index < -0.39 is 0 Å². The maximum Gasteiger partial charge on any atom is 0.227 e. The molecule has 0 aromatic carbocycles. The summed E-state index contributed by atoms with van der Waals surface area (Å²) in [6.45, 7) is 1.87. The van der Waals surface area contributed by atoms with Crippen molar-refractivity contribution in [3.63, 3.8) is 0 Å². The number of aromatic nitrogens is 2. The molecule has 5 nitrogen and oxygen atoms in total. The average molecular weight is 212 g/mol. The van der Waals surface area contributed by atoms with Crippen LogP contribution < -0.4 is 11.1 Å². The summed E-state index contributed by atoms with van der Waals surface area (Å²) >= 11 is 1.31. The van der Waals surface area contributed by atoms with Crippen LogP contribution >= 0.6 is 11.8 Å². The fraction of sp³-hybridized carbons (Fsp3) is 0.375. The Kier molecular flexibility index (Phi) is 3.70. The first-order valence-electron chi connectivity index (χ1n) is 4.06. The molecule has 0 spiro atoms. The van der Waals surface area contributed by atoms with Gasteiger partial charge in [0.2, 0.25) is 11.9 Å². The number of hydrogen-bond donors (Lipinski definition) is 2.